The summed E-state index contributed by atoms with van der Waals surface area (Å²) in [5.41, 5.74) is 1.90. The zero-order chi connectivity index (χ0) is 22.4. The van der Waals surface area contributed by atoms with Crippen molar-refractivity contribution >= 4 is 78.2 Å². The summed E-state index contributed by atoms with van der Waals surface area (Å²) in [5, 5.41) is 3.40. The molecule has 0 aliphatic heterocycles. The fourth-order valence-electron chi connectivity index (χ4n) is 2.58. The SMILES string of the molecule is O=C(CSCc1ccc(Br)cc1)Nc1ccc(S(=O)(=O)Nc2cc(Cl)cc(Cl)c2)cc1. The molecule has 0 aliphatic rings. The van der Waals surface area contributed by atoms with E-state index in [-0.39, 0.29) is 22.2 Å². The molecule has 2 N–H and O–H groups in total. The summed E-state index contributed by atoms with van der Waals surface area (Å²) in [4.78, 5) is 12.2. The van der Waals surface area contributed by atoms with Crippen LogP contribution in [0, 0.1) is 0 Å². The molecule has 0 saturated carbocycles. The van der Waals surface area contributed by atoms with E-state index in [1.165, 1.54) is 54.2 Å². The number of hydrogen-bond acceptors (Lipinski definition) is 4. The van der Waals surface area contributed by atoms with Crippen LogP contribution in [0.25, 0.3) is 0 Å². The molecule has 10 heteroatoms. The van der Waals surface area contributed by atoms with Gasteiger partial charge in [0, 0.05) is 26.0 Å². The molecule has 0 heterocycles. The highest BCUT2D eigenvalue weighted by molar-refractivity contribution is 9.10. The normalized spacial score (nSPS) is 11.2. The lowest BCUT2D eigenvalue weighted by Gasteiger charge is -2.10. The summed E-state index contributed by atoms with van der Waals surface area (Å²) in [7, 11) is -3.83. The number of sulfonamides is 1. The Bertz CT molecular complexity index is 1150. The van der Waals surface area contributed by atoms with Gasteiger partial charge in [-0.25, -0.2) is 8.42 Å². The third-order valence-electron chi connectivity index (χ3n) is 3.98. The first-order chi connectivity index (χ1) is 14.7. The second kappa shape index (κ2) is 10.7. The van der Waals surface area contributed by atoms with Crippen molar-refractivity contribution in [1.29, 1.82) is 0 Å². The molecule has 0 aliphatic carbocycles. The van der Waals surface area contributed by atoms with E-state index in [4.69, 9.17) is 23.2 Å². The third kappa shape index (κ3) is 7.43. The average molecular weight is 560 g/mol. The van der Waals surface area contributed by atoms with Crippen LogP contribution in [0.4, 0.5) is 11.4 Å². The molecule has 0 saturated heterocycles. The van der Waals surface area contributed by atoms with Gasteiger partial charge in [0.25, 0.3) is 10.0 Å². The van der Waals surface area contributed by atoms with Crippen LogP contribution in [0.3, 0.4) is 0 Å². The molecular weight excluding hydrogens is 543 g/mol. The number of nitrogens with one attached hydrogen (secondary N) is 2. The summed E-state index contributed by atoms with van der Waals surface area (Å²) < 4.78 is 28.6. The van der Waals surface area contributed by atoms with Gasteiger partial charge in [0.2, 0.25) is 5.91 Å². The van der Waals surface area contributed by atoms with Crippen LogP contribution in [-0.2, 0) is 20.6 Å². The summed E-state index contributed by atoms with van der Waals surface area (Å²) in [5.74, 6) is 0.842. The minimum Gasteiger partial charge on any atom is -0.325 e. The highest BCUT2D eigenvalue weighted by atomic mass is 79.9. The lowest BCUT2D eigenvalue weighted by Crippen LogP contribution is -2.15. The molecule has 3 aromatic rings. The van der Waals surface area contributed by atoms with E-state index in [0.29, 0.717) is 15.7 Å². The first kappa shape index (κ1) is 23.9. The zero-order valence-electron chi connectivity index (χ0n) is 15.9. The van der Waals surface area contributed by atoms with E-state index in [1.807, 2.05) is 24.3 Å². The number of halogens is 3. The van der Waals surface area contributed by atoms with Gasteiger partial charge >= 0.3 is 0 Å². The van der Waals surface area contributed by atoms with Crippen molar-refractivity contribution in [2.24, 2.45) is 0 Å². The van der Waals surface area contributed by atoms with Crippen LogP contribution in [0.1, 0.15) is 5.56 Å². The van der Waals surface area contributed by atoms with E-state index < -0.39 is 10.0 Å². The molecule has 0 fully saturated rings. The number of thioether (sulfide) groups is 1. The topological polar surface area (TPSA) is 75.3 Å². The lowest BCUT2D eigenvalue weighted by molar-refractivity contribution is -0.113. The second-order valence-electron chi connectivity index (χ2n) is 6.46. The Morgan fingerprint density at radius 3 is 2.13 bits per heavy atom. The van der Waals surface area contributed by atoms with Gasteiger partial charge in [-0.2, -0.15) is 0 Å². The van der Waals surface area contributed by atoms with Gasteiger partial charge in [-0.05, 0) is 60.2 Å². The Kier molecular flexibility index (Phi) is 8.30. The van der Waals surface area contributed by atoms with Gasteiger partial charge in [-0.3, -0.25) is 9.52 Å². The Balaban J connectivity index is 1.55. The lowest BCUT2D eigenvalue weighted by atomic mass is 10.2. The smallest absolute Gasteiger partial charge is 0.261 e. The first-order valence-electron chi connectivity index (χ1n) is 8.92. The maximum Gasteiger partial charge on any atom is 0.261 e. The molecule has 1 amide bonds. The molecule has 0 bridgehead atoms. The number of carbonyl (C=O) groups excluding carboxylic acids is 1. The summed E-state index contributed by atoms with van der Waals surface area (Å²) in [6, 6.07) is 18.3. The van der Waals surface area contributed by atoms with Crippen LogP contribution in [0.15, 0.2) is 76.1 Å². The van der Waals surface area contributed by atoms with E-state index >= 15 is 0 Å². The number of carbonyl (C=O) groups is 1. The van der Waals surface area contributed by atoms with Gasteiger partial charge in [0.1, 0.15) is 0 Å². The molecular formula is C21H17BrCl2N2O3S2. The molecule has 5 nitrogen and oxygen atoms in total. The number of rotatable bonds is 8. The molecule has 0 spiro atoms. The molecule has 3 rings (SSSR count). The monoisotopic (exact) mass is 558 g/mol. The number of anilines is 2. The van der Waals surface area contributed by atoms with E-state index in [0.717, 1.165) is 15.8 Å². The van der Waals surface area contributed by atoms with Crippen molar-refractivity contribution in [3.05, 3.63) is 86.8 Å². The van der Waals surface area contributed by atoms with E-state index in [2.05, 4.69) is 26.0 Å². The predicted octanol–water partition coefficient (Wildman–Crippen LogP) is 6.43. The highest BCUT2D eigenvalue weighted by Crippen LogP contribution is 2.25. The number of hydrogen-bond donors (Lipinski definition) is 2. The summed E-state index contributed by atoms with van der Waals surface area (Å²) >= 11 is 16.7. The molecule has 0 unspecified atom stereocenters. The Labute approximate surface area is 203 Å². The van der Waals surface area contributed by atoms with Gasteiger partial charge in [0.15, 0.2) is 0 Å². The van der Waals surface area contributed by atoms with Gasteiger partial charge in [-0.1, -0.05) is 51.3 Å². The number of benzene rings is 3. The van der Waals surface area contributed by atoms with E-state index in [1.54, 1.807) is 0 Å². The Morgan fingerprint density at radius 1 is 0.903 bits per heavy atom. The minimum absolute atomic E-state index is 0.0474. The van der Waals surface area contributed by atoms with Gasteiger partial charge in [-0.15, -0.1) is 11.8 Å². The summed E-state index contributed by atoms with van der Waals surface area (Å²) in [6.45, 7) is 0. The maximum absolute atomic E-state index is 12.6. The van der Waals surface area contributed by atoms with Gasteiger partial charge < -0.3 is 5.32 Å². The van der Waals surface area contributed by atoms with Crippen molar-refractivity contribution in [3.8, 4) is 0 Å². The maximum atomic E-state index is 12.6. The highest BCUT2D eigenvalue weighted by Gasteiger charge is 2.15. The van der Waals surface area contributed by atoms with Crippen molar-refractivity contribution in [3.63, 3.8) is 0 Å². The minimum atomic E-state index is -3.83. The molecule has 162 valence electrons. The van der Waals surface area contributed by atoms with Gasteiger partial charge in [0.05, 0.1) is 16.3 Å². The molecule has 0 atom stereocenters. The molecule has 31 heavy (non-hydrogen) atoms. The zero-order valence-corrected chi connectivity index (χ0v) is 20.7. The Morgan fingerprint density at radius 2 is 1.52 bits per heavy atom. The molecule has 0 radical (unpaired) electrons. The average Bonchev–Trinajstić information content (AvgIpc) is 2.69. The van der Waals surface area contributed by atoms with Crippen LogP contribution >= 0.6 is 50.9 Å². The predicted molar refractivity (Wildman–Crippen MR) is 133 cm³/mol. The standard InChI is InChI=1S/C21H17BrCl2N2O3S2/c22-15-3-1-14(2-4-15)12-30-13-21(27)25-18-5-7-20(8-6-18)31(28,29)26-19-10-16(23)9-17(24)11-19/h1-11,26H,12-13H2,(H,25,27). The van der Waals surface area contributed by atoms with Crippen LogP contribution in [-0.4, -0.2) is 20.1 Å². The van der Waals surface area contributed by atoms with E-state index in [9.17, 15) is 13.2 Å². The number of amides is 1. The molecule has 0 aromatic heterocycles. The fraction of sp³-hybridized carbons (Fsp3) is 0.0952. The quantitative estimate of drug-likeness (QED) is 0.333. The van der Waals surface area contributed by atoms with Crippen molar-refractivity contribution in [1.82, 2.24) is 0 Å². The van der Waals surface area contributed by atoms with Crippen molar-refractivity contribution < 1.29 is 13.2 Å². The first-order valence-corrected chi connectivity index (χ1v) is 13.1. The van der Waals surface area contributed by atoms with Crippen LogP contribution in [0.5, 0.6) is 0 Å². The van der Waals surface area contributed by atoms with Crippen LogP contribution < -0.4 is 10.0 Å². The molecule has 3 aromatic carbocycles. The largest absolute Gasteiger partial charge is 0.325 e. The second-order valence-corrected chi connectivity index (χ2v) is 10.9. The third-order valence-corrected chi connectivity index (χ3v) is 7.34. The van der Waals surface area contributed by atoms with Crippen molar-refractivity contribution in [2.75, 3.05) is 15.8 Å². The van der Waals surface area contributed by atoms with Crippen molar-refractivity contribution in [2.45, 2.75) is 10.6 Å². The van der Waals surface area contributed by atoms with Crippen LogP contribution in [0.2, 0.25) is 10.0 Å². The fourth-order valence-corrected chi connectivity index (χ4v) is 5.20. The summed E-state index contributed by atoms with van der Waals surface area (Å²) in [6.07, 6.45) is 0. The Hall–Kier alpha value is -1.71.